The summed E-state index contributed by atoms with van der Waals surface area (Å²) in [5.41, 5.74) is 2.52. The van der Waals surface area contributed by atoms with E-state index in [9.17, 15) is 0 Å². The lowest BCUT2D eigenvalue weighted by Crippen LogP contribution is -2.18. The Hall–Kier alpha value is -1.32. The topological polar surface area (TPSA) is 21.3 Å². The third kappa shape index (κ3) is 3.82. The van der Waals surface area contributed by atoms with E-state index in [0.717, 1.165) is 16.8 Å². The molecule has 2 aromatic carbocycles. The number of hydrogen-bond acceptors (Lipinski definition) is 2. The van der Waals surface area contributed by atoms with Gasteiger partial charge >= 0.3 is 0 Å². The van der Waals surface area contributed by atoms with Crippen LogP contribution in [0, 0.1) is 0 Å². The van der Waals surface area contributed by atoms with Crippen molar-refractivity contribution >= 4 is 15.9 Å². The molecule has 1 atom stereocenters. The molecule has 0 radical (unpaired) electrons. The van der Waals surface area contributed by atoms with Crippen LogP contribution in [0.5, 0.6) is 5.75 Å². The Bertz CT molecular complexity index is 525. The molecule has 0 fully saturated rings. The fourth-order valence-electron chi connectivity index (χ4n) is 1.95. The number of benzene rings is 2. The summed E-state index contributed by atoms with van der Waals surface area (Å²) in [7, 11) is 1.68. The summed E-state index contributed by atoms with van der Waals surface area (Å²) in [5, 5.41) is 3.52. The van der Waals surface area contributed by atoms with Gasteiger partial charge in [-0.15, -0.1) is 0 Å². The number of ether oxygens (including phenoxy) is 1. The zero-order valence-electron chi connectivity index (χ0n) is 11.2. The van der Waals surface area contributed by atoms with Crippen molar-refractivity contribution in [2.45, 2.75) is 19.5 Å². The van der Waals surface area contributed by atoms with Crippen LogP contribution in [0.3, 0.4) is 0 Å². The lowest BCUT2D eigenvalue weighted by molar-refractivity contribution is 0.414. The molecule has 0 aliphatic rings. The Kier molecular flexibility index (Phi) is 5.00. The molecule has 2 aromatic rings. The van der Waals surface area contributed by atoms with Crippen LogP contribution in [-0.4, -0.2) is 7.11 Å². The zero-order valence-corrected chi connectivity index (χ0v) is 12.8. The summed E-state index contributed by atoms with van der Waals surface area (Å²) >= 11 is 3.59. The first-order valence-corrected chi connectivity index (χ1v) is 7.10. The van der Waals surface area contributed by atoms with Crippen molar-refractivity contribution in [2.24, 2.45) is 0 Å². The largest absolute Gasteiger partial charge is 0.497 e. The van der Waals surface area contributed by atoms with E-state index in [1.807, 2.05) is 18.2 Å². The molecule has 2 nitrogen and oxygen atoms in total. The molecule has 0 amide bonds. The molecule has 0 unspecified atom stereocenters. The molecule has 19 heavy (non-hydrogen) atoms. The molecular weight excluding hydrogens is 302 g/mol. The first kappa shape index (κ1) is 14.1. The van der Waals surface area contributed by atoms with Gasteiger partial charge < -0.3 is 10.1 Å². The molecule has 0 aliphatic carbocycles. The predicted molar refractivity (Wildman–Crippen MR) is 82.4 cm³/mol. The highest BCUT2D eigenvalue weighted by Gasteiger charge is 2.07. The summed E-state index contributed by atoms with van der Waals surface area (Å²) in [6, 6.07) is 16.7. The van der Waals surface area contributed by atoms with Crippen LogP contribution in [0.2, 0.25) is 0 Å². The van der Waals surface area contributed by atoms with Crippen LogP contribution in [0.4, 0.5) is 0 Å². The van der Waals surface area contributed by atoms with Crippen molar-refractivity contribution in [1.82, 2.24) is 5.32 Å². The summed E-state index contributed by atoms with van der Waals surface area (Å²) in [6.07, 6.45) is 0. The summed E-state index contributed by atoms with van der Waals surface area (Å²) in [6.45, 7) is 3.01. The number of nitrogens with one attached hydrogen (secondary N) is 1. The van der Waals surface area contributed by atoms with Gasteiger partial charge in [-0.05, 0) is 36.2 Å². The molecule has 0 heterocycles. The SMILES string of the molecule is COc1ccc(CN[C@H](C)c2ccccc2Br)cc1. The molecule has 100 valence electrons. The van der Waals surface area contributed by atoms with Gasteiger partial charge in [-0.25, -0.2) is 0 Å². The number of rotatable bonds is 5. The smallest absolute Gasteiger partial charge is 0.118 e. The minimum Gasteiger partial charge on any atom is -0.497 e. The molecule has 2 rings (SSSR count). The van der Waals surface area contributed by atoms with Crippen molar-refractivity contribution < 1.29 is 4.74 Å². The quantitative estimate of drug-likeness (QED) is 0.886. The predicted octanol–water partition coefficient (Wildman–Crippen LogP) is 4.31. The van der Waals surface area contributed by atoms with Crippen molar-refractivity contribution in [1.29, 1.82) is 0 Å². The van der Waals surface area contributed by atoms with Gasteiger partial charge in [0.25, 0.3) is 0 Å². The molecule has 3 heteroatoms. The van der Waals surface area contributed by atoms with Crippen LogP contribution in [0.15, 0.2) is 53.0 Å². The Morgan fingerprint density at radius 3 is 2.42 bits per heavy atom. The Labute approximate surface area is 122 Å². The first-order valence-electron chi connectivity index (χ1n) is 6.31. The standard InChI is InChI=1S/C16H18BrNO/c1-12(15-5-3-4-6-16(15)17)18-11-13-7-9-14(19-2)10-8-13/h3-10,12,18H,11H2,1-2H3/t12-/m1/s1. The maximum absolute atomic E-state index is 5.15. The second-order valence-electron chi connectivity index (χ2n) is 4.47. The van der Waals surface area contributed by atoms with Gasteiger partial charge in [0.05, 0.1) is 7.11 Å². The van der Waals surface area contributed by atoms with Crippen LogP contribution < -0.4 is 10.1 Å². The van der Waals surface area contributed by atoms with Crippen molar-refractivity contribution in [3.63, 3.8) is 0 Å². The van der Waals surface area contributed by atoms with Gasteiger partial charge in [0.2, 0.25) is 0 Å². The van der Waals surface area contributed by atoms with Crippen molar-refractivity contribution in [3.05, 3.63) is 64.1 Å². The molecule has 0 saturated heterocycles. The van der Waals surface area contributed by atoms with E-state index < -0.39 is 0 Å². The molecule has 0 aliphatic heterocycles. The third-order valence-corrected chi connectivity index (χ3v) is 3.87. The minimum absolute atomic E-state index is 0.303. The highest BCUT2D eigenvalue weighted by Crippen LogP contribution is 2.23. The summed E-state index contributed by atoms with van der Waals surface area (Å²) in [5.74, 6) is 0.891. The summed E-state index contributed by atoms with van der Waals surface area (Å²) < 4.78 is 6.30. The Balaban J connectivity index is 1.96. The molecule has 1 N–H and O–H groups in total. The first-order chi connectivity index (χ1) is 9.20. The van der Waals surface area contributed by atoms with Crippen molar-refractivity contribution in [2.75, 3.05) is 7.11 Å². The fourth-order valence-corrected chi connectivity index (χ4v) is 2.58. The number of halogens is 1. The number of hydrogen-bond donors (Lipinski definition) is 1. The highest BCUT2D eigenvalue weighted by molar-refractivity contribution is 9.10. The average molecular weight is 320 g/mol. The lowest BCUT2D eigenvalue weighted by Gasteiger charge is -2.16. The van der Waals surface area contributed by atoms with E-state index in [1.54, 1.807) is 7.11 Å². The van der Waals surface area contributed by atoms with Gasteiger partial charge in [0.1, 0.15) is 5.75 Å². The van der Waals surface area contributed by atoms with Gasteiger partial charge in [-0.2, -0.15) is 0 Å². The molecule has 0 saturated carbocycles. The van der Waals surface area contributed by atoms with E-state index in [1.165, 1.54) is 11.1 Å². The Morgan fingerprint density at radius 1 is 1.11 bits per heavy atom. The van der Waals surface area contributed by atoms with Gasteiger partial charge in [-0.1, -0.05) is 46.3 Å². The van der Waals surface area contributed by atoms with E-state index in [0.29, 0.717) is 6.04 Å². The van der Waals surface area contributed by atoms with Gasteiger partial charge in [0.15, 0.2) is 0 Å². The van der Waals surface area contributed by atoms with Crippen LogP contribution in [-0.2, 0) is 6.54 Å². The second-order valence-corrected chi connectivity index (χ2v) is 5.33. The second kappa shape index (κ2) is 6.73. The Morgan fingerprint density at radius 2 is 1.79 bits per heavy atom. The normalized spacial score (nSPS) is 12.2. The highest BCUT2D eigenvalue weighted by atomic mass is 79.9. The maximum Gasteiger partial charge on any atom is 0.118 e. The average Bonchev–Trinajstić information content (AvgIpc) is 2.46. The molecule has 0 spiro atoms. The van der Waals surface area contributed by atoms with E-state index >= 15 is 0 Å². The maximum atomic E-state index is 5.15. The third-order valence-electron chi connectivity index (χ3n) is 3.14. The molecule has 0 aromatic heterocycles. The van der Waals surface area contributed by atoms with E-state index in [4.69, 9.17) is 4.74 Å². The van der Waals surface area contributed by atoms with Crippen molar-refractivity contribution in [3.8, 4) is 5.75 Å². The van der Waals surface area contributed by atoms with Crippen LogP contribution >= 0.6 is 15.9 Å². The fraction of sp³-hybridized carbons (Fsp3) is 0.250. The van der Waals surface area contributed by atoms with E-state index in [2.05, 4.69) is 58.5 Å². The summed E-state index contributed by atoms with van der Waals surface area (Å²) in [4.78, 5) is 0. The molecular formula is C16H18BrNO. The zero-order chi connectivity index (χ0) is 13.7. The van der Waals surface area contributed by atoms with Crippen LogP contribution in [0.25, 0.3) is 0 Å². The number of methoxy groups -OCH3 is 1. The van der Waals surface area contributed by atoms with E-state index in [-0.39, 0.29) is 0 Å². The monoisotopic (exact) mass is 319 g/mol. The molecule has 0 bridgehead atoms. The van der Waals surface area contributed by atoms with Crippen LogP contribution in [0.1, 0.15) is 24.1 Å². The minimum atomic E-state index is 0.303. The van der Waals surface area contributed by atoms with Gasteiger partial charge in [-0.3, -0.25) is 0 Å². The lowest BCUT2D eigenvalue weighted by atomic mass is 10.1. The van der Waals surface area contributed by atoms with Gasteiger partial charge in [0, 0.05) is 17.1 Å².